The van der Waals surface area contributed by atoms with Gasteiger partial charge in [0.2, 0.25) is 10.0 Å². The molecule has 0 unspecified atom stereocenters. The summed E-state index contributed by atoms with van der Waals surface area (Å²) in [6.45, 7) is 5.52. The molecule has 0 heterocycles. The molecule has 0 saturated carbocycles. The normalized spacial score (nSPS) is 12.2. The zero-order valence-electron chi connectivity index (χ0n) is 12.2. The molecule has 1 aromatic carbocycles. The van der Waals surface area contributed by atoms with E-state index in [0.29, 0.717) is 6.42 Å². The van der Waals surface area contributed by atoms with Gasteiger partial charge in [0, 0.05) is 11.6 Å². The summed E-state index contributed by atoms with van der Waals surface area (Å²) in [7, 11) is -3.78. The van der Waals surface area contributed by atoms with Crippen LogP contribution in [0.4, 0.5) is 11.4 Å². The third-order valence-electron chi connectivity index (χ3n) is 2.92. The van der Waals surface area contributed by atoms with Gasteiger partial charge in [0.05, 0.1) is 9.82 Å². The highest BCUT2D eigenvalue weighted by Crippen LogP contribution is 2.27. The highest BCUT2D eigenvalue weighted by molar-refractivity contribution is 7.89. The van der Waals surface area contributed by atoms with Gasteiger partial charge in [0.25, 0.3) is 5.69 Å². The van der Waals surface area contributed by atoms with Crippen molar-refractivity contribution in [1.82, 2.24) is 4.72 Å². The number of sulfonamides is 1. The molecule has 0 fully saturated rings. The Kier molecular flexibility index (Phi) is 5.26. The van der Waals surface area contributed by atoms with E-state index in [1.165, 1.54) is 6.07 Å². The van der Waals surface area contributed by atoms with Crippen molar-refractivity contribution in [2.45, 2.75) is 44.0 Å². The van der Waals surface area contributed by atoms with E-state index in [1.807, 2.05) is 6.92 Å². The second-order valence-electron chi connectivity index (χ2n) is 5.32. The minimum absolute atomic E-state index is 0.0591. The molecule has 0 bridgehead atoms. The molecule has 0 amide bonds. The van der Waals surface area contributed by atoms with Gasteiger partial charge in [-0.05, 0) is 32.4 Å². The lowest BCUT2D eigenvalue weighted by atomic mass is 10.0. The lowest BCUT2D eigenvalue weighted by Crippen LogP contribution is -2.43. The zero-order chi connectivity index (χ0) is 16.3. The molecule has 1 aromatic rings. The van der Waals surface area contributed by atoms with E-state index in [9.17, 15) is 18.5 Å². The maximum Gasteiger partial charge on any atom is 0.293 e. The zero-order valence-corrected chi connectivity index (χ0v) is 13.0. The van der Waals surface area contributed by atoms with Gasteiger partial charge in [-0.1, -0.05) is 13.3 Å². The Hall–Kier alpha value is -1.71. The van der Waals surface area contributed by atoms with Gasteiger partial charge in [-0.25, -0.2) is 13.1 Å². The van der Waals surface area contributed by atoms with Gasteiger partial charge in [-0.15, -0.1) is 0 Å². The van der Waals surface area contributed by atoms with Crippen LogP contribution in [0.25, 0.3) is 0 Å². The fourth-order valence-corrected chi connectivity index (χ4v) is 3.52. The summed E-state index contributed by atoms with van der Waals surface area (Å²) >= 11 is 0. The Morgan fingerprint density at radius 2 is 2.00 bits per heavy atom. The van der Waals surface area contributed by atoms with Crippen LogP contribution in [0.1, 0.15) is 33.6 Å². The summed E-state index contributed by atoms with van der Waals surface area (Å²) in [5, 5.41) is 10.8. The van der Waals surface area contributed by atoms with Gasteiger partial charge in [-0.2, -0.15) is 0 Å². The van der Waals surface area contributed by atoms with Crippen LogP contribution >= 0.6 is 0 Å². The molecule has 0 radical (unpaired) electrons. The van der Waals surface area contributed by atoms with Gasteiger partial charge in [-0.3, -0.25) is 16.0 Å². The van der Waals surface area contributed by atoms with Crippen LogP contribution in [0.5, 0.6) is 0 Å². The highest BCUT2D eigenvalue weighted by Gasteiger charge is 2.27. The van der Waals surface area contributed by atoms with Crippen LogP contribution in [-0.4, -0.2) is 18.9 Å². The molecular weight excluding hydrogens is 296 g/mol. The minimum atomic E-state index is -3.78. The minimum Gasteiger partial charge on any atom is -0.318 e. The first-order valence-electron chi connectivity index (χ1n) is 6.42. The standard InChI is InChI=1S/C12H20N4O4S/c1-4-7-12(2,3)15-21(19,20)9-5-6-11(16(17)18)10(8-9)14-13/h5-6,8,14-15H,4,7,13H2,1-3H3. The molecule has 1 rings (SSSR count). The Morgan fingerprint density at radius 1 is 1.38 bits per heavy atom. The third-order valence-corrected chi connectivity index (χ3v) is 4.61. The molecule has 0 atom stereocenters. The molecular formula is C12H20N4O4S. The Labute approximate surface area is 123 Å². The van der Waals surface area contributed by atoms with Crippen LogP contribution < -0.4 is 16.0 Å². The third kappa shape index (κ3) is 4.38. The highest BCUT2D eigenvalue weighted by atomic mass is 32.2. The van der Waals surface area contributed by atoms with Crippen molar-refractivity contribution in [3.05, 3.63) is 28.3 Å². The van der Waals surface area contributed by atoms with Crippen LogP contribution in [0, 0.1) is 10.1 Å². The quantitative estimate of drug-likeness (QED) is 0.399. The van der Waals surface area contributed by atoms with Crippen molar-refractivity contribution in [3.63, 3.8) is 0 Å². The maximum absolute atomic E-state index is 12.3. The summed E-state index contributed by atoms with van der Waals surface area (Å²) in [5.41, 5.74) is 1.19. The number of hydrazine groups is 1. The number of nitro benzene ring substituents is 1. The summed E-state index contributed by atoms with van der Waals surface area (Å²) < 4.78 is 27.2. The van der Waals surface area contributed by atoms with E-state index in [1.54, 1.807) is 13.8 Å². The van der Waals surface area contributed by atoms with E-state index in [-0.39, 0.29) is 16.3 Å². The number of nitrogens with one attached hydrogen (secondary N) is 2. The van der Waals surface area contributed by atoms with E-state index in [2.05, 4.69) is 10.1 Å². The van der Waals surface area contributed by atoms with Gasteiger partial charge in [0.1, 0.15) is 5.69 Å². The van der Waals surface area contributed by atoms with Crippen molar-refractivity contribution < 1.29 is 13.3 Å². The van der Waals surface area contributed by atoms with E-state index in [4.69, 9.17) is 5.84 Å². The van der Waals surface area contributed by atoms with Crippen molar-refractivity contribution in [3.8, 4) is 0 Å². The van der Waals surface area contributed by atoms with Crippen LogP contribution in [-0.2, 0) is 10.0 Å². The van der Waals surface area contributed by atoms with Crippen LogP contribution in [0.2, 0.25) is 0 Å². The van der Waals surface area contributed by atoms with Crippen molar-refractivity contribution >= 4 is 21.4 Å². The number of hydrogen-bond donors (Lipinski definition) is 3. The van der Waals surface area contributed by atoms with Crippen molar-refractivity contribution in [2.75, 3.05) is 5.43 Å². The Bertz CT molecular complexity index is 628. The number of nitrogens with two attached hydrogens (primary N) is 1. The predicted molar refractivity (Wildman–Crippen MR) is 80.2 cm³/mol. The second kappa shape index (κ2) is 6.37. The molecule has 0 aliphatic carbocycles. The summed E-state index contributed by atoms with van der Waals surface area (Å²) in [4.78, 5) is 10.1. The SMILES string of the molecule is CCCC(C)(C)NS(=O)(=O)c1ccc([N+](=O)[O-])c(NN)c1. The average molecular weight is 316 g/mol. The number of nitrogen functional groups attached to an aromatic ring is 1. The first kappa shape index (κ1) is 17.3. The topological polar surface area (TPSA) is 127 Å². The van der Waals surface area contributed by atoms with Gasteiger partial charge < -0.3 is 5.43 Å². The van der Waals surface area contributed by atoms with Crippen LogP contribution in [0.3, 0.4) is 0 Å². The number of nitrogens with zero attached hydrogens (tertiary/aromatic N) is 1. The lowest BCUT2D eigenvalue weighted by Gasteiger charge is -2.25. The fourth-order valence-electron chi connectivity index (χ4n) is 2.06. The summed E-state index contributed by atoms with van der Waals surface area (Å²) in [5.74, 6) is 5.21. The number of nitro groups is 1. The van der Waals surface area contributed by atoms with Crippen molar-refractivity contribution in [1.29, 1.82) is 0 Å². The number of rotatable bonds is 7. The largest absolute Gasteiger partial charge is 0.318 e. The molecule has 0 aromatic heterocycles. The predicted octanol–water partition coefficient (Wildman–Crippen LogP) is 1.74. The molecule has 8 nitrogen and oxygen atoms in total. The second-order valence-corrected chi connectivity index (χ2v) is 7.00. The lowest BCUT2D eigenvalue weighted by molar-refractivity contribution is -0.384. The van der Waals surface area contributed by atoms with E-state index < -0.39 is 20.5 Å². The molecule has 0 aliphatic heterocycles. The fraction of sp³-hybridized carbons (Fsp3) is 0.500. The van der Waals surface area contributed by atoms with E-state index in [0.717, 1.165) is 18.6 Å². The van der Waals surface area contributed by atoms with Gasteiger partial charge in [0.15, 0.2) is 0 Å². The Balaban J connectivity index is 3.18. The maximum atomic E-state index is 12.3. The van der Waals surface area contributed by atoms with Gasteiger partial charge >= 0.3 is 0 Å². The molecule has 21 heavy (non-hydrogen) atoms. The van der Waals surface area contributed by atoms with Crippen molar-refractivity contribution in [2.24, 2.45) is 5.84 Å². The molecule has 118 valence electrons. The molecule has 0 aliphatic rings. The smallest absolute Gasteiger partial charge is 0.293 e. The number of hydrogen-bond acceptors (Lipinski definition) is 6. The average Bonchev–Trinajstić information content (AvgIpc) is 2.36. The first-order chi connectivity index (χ1) is 9.63. The molecule has 0 saturated heterocycles. The number of benzene rings is 1. The molecule has 4 N–H and O–H groups in total. The first-order valence-corrected chi connectivity index (χ1v) is 7.90. The Morgan fingerprint density at radius 3 is 2.48 bits per heavy atom. The van der Waals surface area contributed by atoms with Crippen LogP contribution in [0.15, 0.2) is 23.1 Å². The molecule has 0 spiro atoms. The molecule has 9 heteroatoms. The monoisotopic (exact) mass is 316 g/mol. The van der Waals surface area contributed by atoms with E-state index >= 15 is 0 Å². The number of anilines is 1. The summed E-state index contributed by atoms with van der Waals surface area (Å²) in [6.07, 6.45) is 1.49. The summed E-state index contributed by atoms with van der Waals surface area (Å²) in [6, 6.07) is 3.43.